The number of nitrogens with one attached hydrogen (secondary N) is 2. The molecule has 2 amide bonds. The van der Waals surface area contributed by atoms with Crippen molar-refractivity contribution in [3.63, 3.8) is 0 Å². The van der Waals surface area contributed by atoms with Crippen molar-refractivity contribution in [3.05, 3.63) is 35.4 Å². The number of rotatable bonds is 5. The molecule has 0 radical (unpaired) electrons. The van der Waals surface area contributed by atoms with Crippen LogP contribution in [0.2, 0.25) is 0 Å². The van der Waals surface area contributed by atoms with Gasteiger partial charge in [-0.05, 0) is 36.1 Å². The summed E-state index contributed by atoms with van der Waals surface area (Å²) in [6, 6.07) is 4.66. The van der Waals surface area contributed by atoms with Gasteiger partial charge in [-0.1, -0.05) is 11.8 Å². The van der Waals surface area contributed by atoms with E-state index in [9.17, 15) is 18.0 Å². The number of hydrogen-bond donors (Lipinski definition) is 5. The second-order valence-corrected chi connectivity index (χ2v) is 8.32. The zero-order valence-corrected chi connectivity index (χ0v) is 15.5. The summed E-state index contributed by atoms with van der Waals surface area (Å²) in [6.45, 7) is -0.0379. The Kier molecular flexibility index (Phi) is 6.78. The molecule has 1 aromatic carbocycles. The molecule has 0 spiro atoms. The molecule has 9 nitrogen and oxygen atoms in total. The summed E-state index contributed by atoms with van der Waals surface area (Å²) in [6.07, 6.45) is 0.334. The molecule has 0 bridgehead atoms. The Morgan fingerprint density at radius 3 is 2.39 bits per heavy atom. The number of hydroxylamine groups is 1. The Bertz CT molecular complexity index is 968. The maximum Gasteiger partial charge on any atom is 0.267 e. The van der Waals surface area contributed by atoms with Crippen molar-refractivity contribution in [3.8, 4) is 23.7 Å². The molecule has 148 valence electrons. The second kappa shape index (κ2) is 8.87. The van der Waals surface area contributed by atoms with Crippen molar-refractivity contribution < 1.29 is 28.3 Å². The van der Waals surface area contributed by atoms with Crippen LogP contribution in [0.15, 0.2) is 24.3 Å². The molecule has 1 saturated heterocycles. The molecule has 1 unspecified atom stereocenters. The van der Waals surface area contributed by atoms with E-state index in [2.05, 4.69) is 29.0 Å². The lowest BCUT2D eigenvalue weighted by Gasteiger charge is -2.42. The second-order valence-electron chi connectivity index (χ2n) is 6.25. The number of sulfone groups is 1. The molecule has 1 fully saturated rings. The van der Waals surface area contributed by atoms with Crippen molar-refractivity contribution in [2.45, 2.75) is 18.0 Å². The molecule has 2 rings (SSSR count). The number of carbonyl (C=O) groups excluding carboxylic acids is 2. The van der Waals surface area contributed by atoms with Crippen LogP contribution >= 0.6 is 0 Å². The fourth-order valence-electron chi connectivity index (χ4n) is 2.66. The molecule has 1 atom stereocenters. The first-order valence-electron chi connectivity index (χ1n) is 8.15. The summed E-state index contributed by atoms with van der Waals surface area (Å²) in [5.74, 6) is 7.97. The van der Waals surface area contributed by atoms with Crippen LogP contribution in [0.4, 0.5) is 0 Å². The van der Waals surface area contributed by atoms with E-state index in [0.29, 0.717) is 12.0 Å². The van der Waals surface area contributed by atoms with E-state index >= 15 is 0 Å². The molecule has 1 aliphatic rings. The van der Waals surface area contributed by atoms with Crippen molar-refractivity contribution in [1.82, 2.24) is 10.8 Å². The normalized spacial score (nSPS) is 16.8. The fourth-order valence-corrected chi connectivity index (χ4v) is 4.55. The molecule has 0 saturated carbocycles. The lowest BCUT2D eigenvalue weighted by atomic mass is 9.93. The van der Waals surface area contributed by atoms with Gasteiger partial charge in [-0.3, -0.25) is 14.8 Å². The van der Waals surface area contributed by atoms with E-state index in [0.717, 1.165) is 0 Å². The summed E-state index contributed by atoms with van der Waals surface area (Å²) in [5, 5.41) is 19.9. The predicted molar refractivity (Wildman–Crippen MR) is 99.6 cm³/mol. The van der Waals surface area contributed by atoms with Crippen LogP contribution in [0.1, 0.15) is 22.3 Å². The minimum atomic E-state index is -3.37. The van der Waals surface area contributed by atoms with E-state index in [-0.39, 0.29) is 12.2 Å². The minimum Gasteiger partial charge on any atom is -0.395 e. The van der Waals surface area contributed by atoms with Crippen LogP contribution in [0.25, 0.3) is 0 Å². The van der Waals surface area contributed by atoms with Crippen molar-refractivity contribution >= 4 is 21.7 Å². The number of carbonyl (C=O) groups is 2. The van der Waals surface area contributed by atoms with Gasteiger partial charge in [0.15, 0.2) is 9.84 Å². The van der Waals surface area contributed by atoms with Gasteiger partial charge in [0.1, 0.15) is 6.04 Å². The Hall–Kier alpha value is -2.89. The third-order valence-electron chi connectivity index (χ3n) is 3.94. The fraction of sp³-hybridized carbons (Fsp3) is 0.333. The summed E-state index contributed by atoms with van der Waals surface area (Å²) in [7, 11) is -3.37. The van der Waals surface area contributed by atoms with E-state index < -0.39 is 44.7 Å². The van der Waals surface area contributed by atoms with Crippen LogP contribution in [0.3, 0.4) is 0 Å². The molecule has 0 aliphatic carbocycles. The number of hydrogen-bond acceptors (Lipinski definition) is 7. The van der Waals surface area contributed by atoms with E-state index in [1.54, 1.807) is 12.1 Å². The van der Waals surface area contributed by atoms with Crippen LogP contribution in [-0.2, 0) is 14.6 Å². The Morgan fingerprint density at radius 2 is 1.86 bits per heavy atom. The standard InChI is InChI=1S/C18H19N3O6S/c19-18(11-28(26,27)12-18)15(17(24)21-25)20-16(23)14-8-6-13(7-9-14)5-3-1-2-4-10-22/h6-9,15,22,25H,4,10-12,19H2,(H,20,23)(H,21,24). The molecule has 28 heavy (non-hydrogen) atoms. The molecule has 1 aromatic rings. The number of benzene rings is 1. The number of aliphatic hydroxyl groups excluding tert-OH is 1. The monoisotopic (exact) mass is 405 g/mol. The SMILES string of the molecule is NC1(C(NC(=O)c2ccc(C#CC#CCCO)cc2)C(=O)NO)CS(=O)(=O)C1. The topological polar surface area (TPSA) is 159 Å². The van der Waals surface area contributed by atoms with E-state index in [1.165, 1.54) is 17.6 Å². The lowest BCUT2D eigenvalue weighted by Crippen LogP contribution is -2.75. The highest BCUT2D eigenvalue weighted by molar-refractivity contribution is 7.93. The first-order valence-corrected chi connectivity index (χ1v) is 9.97. The highest BCUT2D eigenvalue weighted by Gasteiger charge is 2.54. The number of aliphatic hydroxyl groups is 1. The molecular weight excluding hydrogens is 386 g/mol. The Morgan fingerprint density at radius 1 is 1.21 bits per heavy atom. The Labute approximate surface area is 162 Å². The average molecular weight is 405 g/mol. The predicted octanol–water partition coefficient (Wildman–Crippen LogP) is -1.85. The molecule has 0 aromatic heterocycles. The molecule has 1 heterocycles. The summed E-state index contributed by atoms with van der Waals surface area (Å²) in [5.41, 5.74) is 6.61. The number of amides is 2. The summed E-state index contributed by atoms with van der Waals surface area (Å²) < 4.78 is 22.9. The van der Waals surface area contributed by atoms with Crippen molar-refractivity contribution in [1.29, 1.82) is 0 Å². The molecule has 1 aliphatic heterocycles. The van der Waals surface area contributed by atoms with E-state index in [1.807, 2.05) is 0 Å². The van der Waals surface area contributed by atoms with Gasteiger partial charge >= 0.3 is 0 Å². The van der Waals surface area contributed by atoms with Gasteiger partial charge in [0.25, 0.3) is 11.8 Å². The quantitative estimate of drug-likeness (QED) is 0.218. The summed E-state index contributed by atoms with van der Waals surface area (Å²) in [4.78, 5) is 24.3. The van der Waals surface area contributed by atoms with E-state index in [4.69, 9.17) is 16.0 Å². The third-order valence-corrected chi connectivity index (χ3v) is 5.90. The van der Waals surface area contributed by atoms with Gasteiger partial charge in [0.05, 0.1) is 23.7 Å². The maximum absolute atomic E-state index is 12.4. The zero-order valence-electron chi connectivity index (χ0n) is 14.7. The van der Waals surface area contributed by atoms with Gasteiger partial charge < -0.3 is 16.2 Å². The van der Waals surface area contributed by atoms with Gasteiger partial charge in [0.2, 0.25) is 0 Å². The highest BCUT2D eigenvalue weighted by atomic mass is 32.2. The van der Waals surface area contributed by atoms with Gasteiger partial charge in [0, 0.05) is 17.5 Å². The van der Waals surface area contributed by atoms with Crippen LogP contribution in [-0.4, -0.2) is 60.2 Å². The van der Waals surface area contributed by atoms with Crippen LogP contribution in [0.5, 0.6) is 0 Å². The first kappa shape index (κ1) is 21.4. The minimum absolute atomic E-state index is 0.0379. The third kappa shape index (κ3) is 5.31. The van der Waals surface area contributed by atoms with Crippen LogP contribution in [0, 0.1) is 23.7 Å². The number of nitrogens with two attached hydrogens (primary N) is 1. The van der Waals surface area contributed by atoms with Crippen molar-refractivity contribution in [2.75, 3.05) is 18.1 Å². The molecule has 6 N–H and O–H groups in total. The molecule has 10 heteroatoms. The average Bonchev–Trinajstić information content (AvgIpc) is 2.64. The van der Waals surface area contributed by atoms with Crippen LogP contribution < -0.4 is 16.5 Å². The zero-order chi connectivity index (χ0) is 20.8. The van der Waals surface area contributed by atoms with Gasteiger partial charge in [-0.25, -0.2) is 13.9 Å². The highest BCUT2D eigenvalue weighted by Crippen LogP contribution is 2.25. The molecular formula is C18H19N3O6S. The maximum atomic E-state index is 12.4. The van der Waals surface area contributed by atoms with Crippen molar-refractivity contribution in [2.24, 2.45) is 5.73 Å². The van der Waals surface area contributed by atoms with Gasteiger partial charge in [-0.15, -0.1) is 0 Å². The van der Waals surface area contributed by atoms with Gasteiger partial charge in [-0.2, -0.15) is 0 Å². The smallest absolute Gasteiger partial charge is 0.267 e. The Balaban J connectivity index is 2.10. The largest absolute Gasteiger partial charge is 0.395 e. The lowest BCUT2D eigenvalue weighted by molar-refractivity contribution is -0.132. The first-order chi connectivity index (χ1) is 13.2. The summed E-state index contributed by atoms with van der Waals surface area (Å²) >= 11 is 0.